The average Bonchev–Trinajstić information content (AvgIpc) is 3.35. The number of hydrogen-bond donors (Lipinski definition) is 0. The second-order valence-corrected chi connectivity index (χ2v) is 7.18. The van der Waals surface area contributed by atoms with Crippen LogP contribution >= 0.6 is 11.8 Å². The van der Waals surface area contributed by atoms with E-state index in [1.165, 1.54) is 17.8 Å². The maximum absolute atomic E-state index is 14.2. The monoisotopic (exact) mass is 407 g/mol. The van der Waals surface area contributed by atoms with Gasteiger partial charge in [0.2, 0.25) is 5.89 Å². The molecule has 0 aliphatic heterocycles. The van der Waals surface area contributed by atoms with Gasteiger partial charge in [-0.1, -0.05) is 65.5 Å². The van der Waals surface area contributed by atoms with Gasteiger partial charge in [-0.3, -0.25) is 4.57 Å². The lowest BCUT2D eigenvalue weighted by atomic mass is 10.1. The zero-order valence-corrected chi connectivity index (χ0v) is 16.3. The fourth-order valence-electron chi connectivity index (χ4n) is 2.86. The number of thioether (sulfide) groups is 1. The molecule has 2 aromatic carbocycles. The molecule has 0 aliphatic carbocycles. The van der Waals surface area contributed by atoms with E-state index in [-0.39, 0.29) is 5.82 Å². The zero-order chi connectivity index (χ0) is 20.1. The van der Waals surface area contributed by atoms with Crippen molar-refractivity contribution in [1.29, 1.82) is 0 Å². The lowest BCUT2D eigenvalue weighted by molar-refractivity contribution is 0.385. The third-order valence-electron chi connectivity index (χ3n) is 4.18. The quantitative estimate of drug-likeness (QED) is 0.316. The second-order valence-electron chi connectivity index (χ2n) is 6.24. The van der Waals surface area contributed by atoms with E-state index in [4.69, 9.17) is 4.52 Å². The Morgan fingerprint density at radius 2 is 1.86 bits per heavy atom. The molecule has 2 aromatic heterocycles. The molecule has 2 heterocycles. The van der Waals surface area contributed by atoms with Crippen LogP contribution in [0.25, 0.3) is 11.4 Å². The Bertz CT molecular complexity index is 1110. The molecule has 0 unspecified atom stereocenters. The van der Waals surface area contributed by atoms with Crippen LogP contribution in [0.5, 0.6) is 0 Å². The first-order valence-corrected chi connectivity index (χ1v) is 10.0. The molecular weight excluding hydrogens is 389 g/mol. The Morgan fingerprint density at radius 3 is 2.66 bits per heavy atom. The Kier molecular flexibility index (Phi) is 5.81. The average molecular weight is 407 g/mol. The number of halogens is 1. The molecule has 4 rings (SSSR count). The van der Waals surface area contributed by atoms with Crippen molar-refractivity contribution < 1.29 is 8.91 Å². The van der Waals surface area contributed by atoms with Crippen LogP contribution in [0.15, 0.2) is 76.9 Å². The number of hydrogen-bond acceptors (Lipinski definition) is 6. The predicted molar refractivity (Wildman–Crippen MR) is 109 cm³/mol. The Hall–Kier alpha value is -3.26. The summed E-state index contributed by atoms with van der Waals surface area (Å²) in [6.45, 7) is 4.24. The van der Waals surface area contributed by atoms with Crippen molar-refractivity contribution >= 4 is 11.8 Å². The fourth-order valence-corrected chi connectivity index (χ4v) is 3.64. The highest BCUT2D eigenvalue weighted by Gasteiger charge is 2.17. The summed E-state index contributed by atoms with van der Waals surface area (Å²) >= 11 is 1.40. The number of nitrogens with zero attached hydrogens (tertiary/aromatic N) is 5. The molecule has 0 atom stereocenters. The molecule has 0 fully saturated rings. The van der Waals surface area contributed by atoms with Crippen molar-refractivity contribution in [2.75, 3.05) is 0 Å². The maximum atomic E-state index is 14.2. The van der Waals surface area contributed by atoms with E-state index in [1.54, 1.807) is 24.3 Å². The minimum atomic E-state index is -0.343. The minimum Gasteiger partial charge on any atom is -0.338 e. The van der Waals surface area contributed by atoms with Gasteiger partial charge in [0.05, 0.1) is 11.3 Å². The lowest BCUT2D eigenvalue weighted by Gasteiger charge is -2.07. The van der Waals surface area contributed by atoms with Gasteiger partial charge in [-0.15, -0.1) is 16.8 Å². The smallest absolute Gasteiger partial charge is 0.237 e. The highest BCUT2D eigenvalue weighted by molar-refractivity contribution is 7.98. The lowest BCUT2D eigenvalue weighted by Crippen LogP contribution is -2.01. The van der Waals surface area contributed by atoms with Crippen molar-refractivity contribution in [3.63, 3.8) is 0 Å². The Balaban J connectivity index is 1.49. The highest BCUT2D eigenvalue weighted by Crippen LogP contribution is 2.27. The largest absolute Gasteiger partial charge is 0.338 e. The molecule has 0 saturated carbocycles. The summed E-state index contributed by atoms with van der Waals surface area (Å²) in [5.41, 5.74) is 1.52. The summed E-state index contributed by atoms with van der Waals surface area (Å²) in [6.07, 6.45) is 2.33. The topological polar surface area (TPSA) is 69.6 Å². The molecule has 0 amide bonds. The molecular formula is C21H18FN5OS. The fraction of sp³-hybridized carbons (Fsp3) is 0.143. The van der Waals surface area contributed by atoms with E-state index >= 15 is 0 Å². The summed E-state index contributed by atoms with van der Waals surface area (Å²) < 4.78 is 21.4. The van der Waals surface area contributed by atoms with Gasteiger partial charge < -0.3 is 4.52 Å². The molecule has 6 nitrogen and oxygen atoms in total. The molecule has 0 bridgehead atoms. The van der Waals surface area contributed by atoms with Crippen LogP contribution in [0.1, 0.15) is 17.3 Å². The Morgan fingerprint density at radius 1 is 1.07 bits per heavy atom. The summed E-state index contributed by atoms with van der Waals surface area (Å²) in [6, 6.07) is 16.5. The standard InChI is InChI=1S/C21H18FN5OS/c1-2-12-27-20(16-10-6-7-11-17(16)22)24-25-21(27)29-14-19-23-18(26-28-19)13-15-8-4-3-5-9-15/h2-11H,1,12-14H2. The SMILES string of the molecule is C=CCn1c(SCc2nc(Cc3ccccc3)no2)nnc1-c1ccccc1F. The number of aromatic nitrogens is 5. The zero-order valence-electron chi connectivity index (χ0n) is 15.5. The van der Waals surface area contributed by atoms with Crippen molar-refractivity contribution in [2.24, 2.45) is 0 Å². The summed E-state index contributed by atoms with van der Waals surface area (Å²) in [4.78, 5) is 4.44. The molecule has 4 aromatic rings. The maximum Gasteiger partial charge on any atom is 0.237 e. The van der Waals surface area contributed by atoms with Gasteiger partial charge in [0.1, 0.15) is 5.82 Å². The number of benzene rings is 2. The first-order chi connectivity index (χ1) is 14.2. The van der Waals surface area contributed by atoms with Crippen LogP contribution < -0.4 is 0 Å². The van der Waals surface area contributed by atoms with Gasteiger partial charge in [-0.05, 0) is 17.7 Å². The van der Waals surface area contributed by atoms with Gasteiger partial charge in [0, 0.05) is 13.0 Å². The minimum absolute atomic E-state index is 0.343. The van der Waals surface area contributed by atoms with Crippen molar-refractivity contribution in [3.05, 3.63) is 90.3 Å². The van der Waals surface area contributed by atoms with Crippen molar-refractivity contribution in [1.82, 2.24) is 24.9 Å². The highest BCUT2D eigenvalue weighted by atomic mass is 32.2. The van der Waals surface area contributed by atoms with Gasteiger partial charge >= 0.3 is 0 Å². The van der Waals surface area contributed by atoms with Crippen LogP contribution in [-0.4, -0.2) is 24.9 Å². The van der Waals surface area contributed by atoms with E-state index in [2.05, 4.69) is 26.9 Å². The number of allylic oxidation sites excluding steroid dienone is 1. The van der Waals surface area contributed by atoms with Crippen molar-refractivity contribution in [3.8, 4) is 11.4 Å². The first kappa shape index (κ1) is 19.1. The molecule has 0 spiro atoms. The van der Waals surface area contributed by atoms with Crippen molar-refractivity contribution in [2.45, 2.75) is 23.9 Å². The summed E-state index contributed by atoms with van der Waals surface area (Å²) in [7, 11) is 0. The molecule has 0 saturated heterocycles. The van der Waals surface area contributed by atoms with E-state index in [0.717, 1.165) is 5.56 Å². The molecule has 29 heavy (non-hydrogen) atoms. The van der Waals surface area contributed by atoms with Crippen LogP contribution in [-0.2, 0) is 18.7 Å². The van der Waals surface area contributed by atoms with Crippen LogP contribution in [0.3, 0.4) is 0 Å². The Labute approximate surface area is 171 Å². The van der Waals surface area contributed by atoms with Crippen LogP contribution in [0.2, 0.25) is 0 Å². The molecule has 8 heteroatoms. The van der Waals surface area contributed by atoms with Crippen LogP contribution in [0, 0.1) is 5.82 Å². The molecule has 0 aliphatic rings. The van der Waals surface area contributed by atoms with Gasteiger partial charge in [-0.25, -0.2) is 4.39 Å². The normalized spacial score (nSPS) is 10.9. The second kappa shape index (κ2) is 8.83. The van der Waals surface area contributed by atoms with E-state index in [1.807, 2.05) is 34.9 Å². The number of rotatable bonds is 8. The summed E-state index contributed by atoms with van der Waals surface area (Å²) in [5, 5.41) is 13.1. The van der Waals surface area contributed by atoms with Gasteiger partial charge in [0.15, 0.2) is 16.8 Å². The van der Waals surface area contributed by atoms with Gasteiger partial charge in [-0.2, -0.15) is 4.98 Å². The van der Waals surface area contributed by atoms with E-state index in [0.29, 0.717) is 47.0 Å². The summed E-state index contributed by atoms with van der Waals surface area (Å²) in [5.74, 6) is 1.69. The third-order valence-corrected chi connectivity index (χ3v) is 5.13. The molecule has 0 radical (unpaired) electrons. The van der Waals surface area contributed by atoms with Gasteiger partial charge in [0.25, 0.3) is 0 Å². The van der Waals surface area contributed by atoms with Crippen LogP contribution in [0.4, 0.5) is 4.39 Å². The first-order valence-electron chi connectivity index (χ1n) is 9.02. The molecule has 146 valence electrons. The third kappa shape index (κ3) is 4.43. The van der Waals surface area contributed by atoms with E-state index < -0.39 is 0 Å². The predicted octanol–water partition coefficient (Wildman–Crippen LogP) is 4.54. The molecule has 0 N–H and O–H groups in total. The van der Waals surface area contributed by atoms with E-state index in [9.17, 15) is 4.39 Å².